The van der Waals surface area contributed by atoms with Crippen LogP contribution in [0.5, 0.6) is 0 Å². The number of aliphatic hydroxyl groups is 1. The maximum atomic E-state index is 13.4. The van der Waals surface area contributed by atoms with E-state index in [1.807, 2.05) is 19.1 Å². The van der Waals surface area contributed by atoms with Crippen LogP contribution < -0.4 is 32.4 Å². The summed E-state index contributed by atoms with van der Waals surface area (Å²) in [5.41, 5.74) is 4.67. The summed E-state index contributed by atoms with van der Waals surface area (Å²) in [5.74, 6) is -2.48. The van der Waals surface area contributed by atoms with E-state index in [2.05, 4.69) is 35.5 Å². The predicted molar refractivity (Wildman–Crippen MR) is 189 cm³/mol. The molecule has 0 atom stereocenters. The summed E-state index contributed by atoms with van der Waals surface area (Å²) < 4.78 is 65.0. The molecule has 0 radical (unpaired) electrons. The van der Waals surface area contributed by atoms with Gasteiger partial charge >= 0.3 is 16.4 Å². The predicted octanol–water partition coefficient (Wildman–Crippen LogP) is 2.08. The second-order valence-corrected chi connectivity index (χ2v) is 14.2. The Bertz CT molecular complexity index is 2530. The van der Waals surface area contributed by atoms with Crippen LogP contribution in [-0.2, 0) is 42.4 Å². The number of carboxylic acid groups (broad SMARTS) is 1. The van der Waals surface area contributed by atoms with Gasteiger partial charge in [0, 0.05) is 17.2 Å². The van der Waals surface area contributed by atoms with Gasteiger partial charge in [0.05, 0.1) is 52.2 Å². The van der Waals surface area contributed by atoms with Crippen LogP contribution in [0.1, 0.15) is 32.6 Å². The van der Waals surface area contributed by atoms with Crippen molar-refractivity contribution in [3.8, 4) is 0 Å². The number of carbonyl (C=O) groups is 1. The number of aryl methyl sites for hydroxylation is 2. The second-order valence-electron chi connectivity index (χ2n) is 11.0. The molecule has 0 aromatic heterocycles. The number of anilines is 2. The molecule has 4 aromatic rings. The summed E-state index contributed by atoms with van der Waals surface area (Å²) >= 11 is 0. The zero-order valence-electron chi connectivity index (χ0n) is 27.8. The van der Waals surface area contributed by atoms with Crippen LogP contribution in [0.2, 0.25) is 0 Å². The van der Waals surface area contributed by atoms with Crippen LogP contribution in [-0.4, -0.2) is 56.3 Å². The number of benzene rings is 4. The van der Waals surface area contributed by atoms with Crippen molar-refractivity contribution in [2.24, 2.45) is 20.4 Å². The number of hydrogen-bond donors (Lipinski definition) is 6. The minimum absolute atomic E-state index is 0.0323. The molecule has 0 saturated heterocycles. The van der Waals surface area contributed by atoms with Crippen LogP contribution >= 0.6 is 0 Å². The molecule has 278 valence electrons. The lowest BCUT2D eigenvalue weighted by molar-refractivity contribution is 0.0694. The van der Waals surface area contributed by atoms with E-state index in [9.17, 15) is 41.4 Å². The quantitative estimate of drug-likeness (QED) is 0.0313. The number of aliphatic hydroxyl groups excluding tert-OH is 1. The van der Waals surface area contributed by atoms with Gasteiger partial charge in [-0.2, -0.15) is 28.8 Å². The Kier molecular flexibility index (Phi) is 12.8. The van der Waals surface area contributed by atoms with Gasteiger partial charge in [0.1, 0.15) is 12.0 Å². The number of sulfone groups is 1. The lowest BCUT2D eigenvalue weighted by Crippen LogP contribution is -2.50. The maximum Gasteiger partial charge on any atom is 0.397 e. The standard InChI is InChI=1S/C32H31N7O12S2/c1-18-3-5-22(6-4-18)34-36-25-8-7-23(12-21(25)16-50-17-33)35-38-29-24(32(43)44)14-27(41)30(31(29)42)39-37-26-11-19(2)28(13-20(26)15-40)52(45,46)10-9-51-53(47,48)49/h3-8,11-14,17,33,35,37,40H,9-10,15-16H2,1-2H3,(H,43,44)(H,47,48,49). The van der Waals surface area contributed by atoms with Gasteiger partial charge < -0.3 is 14.9 Å². The van der Waals surface area contributed by atoms with Crippen LogP contribution in [0.15, 0.2) is 95.6 Å². The molecule has 0 saturated carbocycles. The number of nitrogens with one attached hydrogen (secondary N) is 3. The van der Waals surface area contributed by atoms with Crippen molar-refractivity contribution in [1.82, 2.24) is 0 Å². The molecule has 4 rings (SSSR count). The first-order valence-corrected chi connectivity index (χ1v) is 18.1. The molecule has 4 aromatic carbocycles. The van der Waals surface area contributed by atoms with Crippen LogP contribution in [0.4, 0.5) is 22.7 Å². The van der Waals surface area contributed by atoms with E-state index < -0.39 is 72.3 Å². The average Bonchev–Trinajstić information content (AvgIpc) is 3.09. The molecule has 0 aliphatic carbocycles. The summed E-state index contributed by atoms with van der Waals surface area (Å²) in [6.07, 6.45) is 0.728. The topological polar surface area (TPSA) is 296 Å². The molecular formula is C32H31N7O12S2. The van der Waals surface area contributed by atoms with Crippen molar-refractivity contribution in [3.63, 3.8) is 0 Å². The summed E-state index contributed by atoms with van der Waals surface area (Å²) in [6, 6.07) is 14.8. The third-order valence-corrected chi connectivity index (χ3v) is 9.49. The molecule has 0 aliphatic rings. The molecule has 21 heteroatoms. The monoisotopic (exact) mass is 769 g/mol. The first-order valence-electron chi connectivity index (χ1n) is 15.1. The number of ether oxygens (including phenoxy) is 1. The van der Waals surface area contributed by atoms with Crippen molar-refractivity contribution < 1.29 is 45.3 Å². The SMILES string of the molecule is Cc1ccc(N=Nc2ccc(NN=c3c(C(=O)O)cc(=O)c(=NNc4cc(C)c(S(=O)(=O)CCOS(=O)(=O)O)cc4CO)c3=O)cc2COC=N)cc1. The van der Waals surface area contributed by atoms with Gasteiger partial charge in [0.2, 0.25) is 10.9 Å². The fourth-order valence-corrected chi connectivity index (χ4v) is 6.41. The Morgan fingerprint density at radius 2 is 1.60 bits per heavy atom. The molecule has 0 fully saturated rings. The van der Waals surface area contributed by atoms with Crippen LogP contribution in [0.3, 0.4) is 0 Å². The van der Waals surface area contributed by atoms with Gasteiger partial charge in [-0.25, -0.2) is 17.4 Å². The van der Waals surface area contributed by atoms with Gasteiger partial charge in [0.15, 0.2) is 21.6 Å². The molecule has 0 spiro atoms. The Labute approximate surface area is 300 Å². The number of carboxylic acids is 1. The highest BCUT2D eigenvalue weighted by Crippen LogP contribution is 2.27. The molecule has 0 aliphatic heterocycles. The number of rotatable bonds is 16. The van der Waals surface area contributed by atoms with E-state index in [1.54, 1.807) is 18.2 Å². The fourth-order valence-electron chi connectivity index (χ4n) is 4.61. The lowest BCUT2D eigenvalue weighted by atomic mass is 10.1. The molecule has 0 heterocycles. The number of hydrogen-bond acceptors (Lipinski definition) is 17. The lowest BCUT2D eigenvalue weighted by Gasteiger charge is -2.13. The maximum absolute atomic E-state index is 13.4. The first-order chi connectivity index (χ1) is 25.0. The minimum atomic E-state index is -4.88. The molecule has 0 bridgehead atoms. The average molecular weight is 770 g/mol. The van der Waals surface area contributed by atoms with Crippen molar-refractivity contribution in [2.45, 2.75) is 32.0 Å². The Morgan fingerprint density at radius 1 is 0.906 bits per heavy atom. The smallest absolute Gasteiger partial charge is 0.397 e. The van der Waals surface area contributed by atoms with E-state index in [-0.39, 0.29) is 34.0 Å². The van der Waals surface area contributed by atoms with Crippen LogP contribution in [0, 0.1) is 19.3 Å². The zero-order chi connectivity index (χ0) is 38.9. The zero-order valence-corrected chi connectivity index (χ0v) is 29.4. The van der Waals surface area contributed by atoms with Crippen molar-refractivity contribution in [1.29, 1.82) is 5.41 Å². The minimum Gasteiger partial charge on any atom is -0.479 e. The largest absolute Gasteiger partial charge is 0.479 e. The summed E-state index contributed by atoms with van der Waals surface area (Å²) in [7, 11) is -9.07. The molecule has 53 heavy (non-hydrogen) atoms. The van der Waals surface area contributed by atoms with E-state index in [0.29, 0.717) is 23.0 Å². The molecule has 0 unspecified atom stereocenters. The Hall–Kier alpha value is -6.00. The summed E-state index contributed by atoms with van der Waals surface area (Å²) in [6.45, 7) is 1.56. The van der Waals surface area contributed by atoms with Gasteiger partial charge in [0.25, 0.3) is 0 Å². The summed E-state index contributed by atoms with van der Waals surface area (Å²) in [4.78, 5) is 38.0. The fraction of sp³-hybridized carbons (Fsp3) is 0.188. The van der Waals surface area contributed by atoms with Crippen LogP contribution in [0.25, 0.3) is 0 Å². The highest BCUT2D eigenvalue weighted by molar-refractivity contribution is 7.91. The number of aromatic carboxylic acids is 1. The van der Waals surface area contributed by atoms with Gasteiger partial charge in [-0.05, 0) is 61.9 Å². The number of azo groups is 1. The Morgan fingerprint density at radius 3 is 2.25 bits per heavy atom. The first kappa shape index (κ1) is 39.8. The highest BCUT2D eigenvalue weighted by Gasteiger charge is 2.21. The van der Waals surface area contributed by atoms with Gasteiger partial charge in [-0.15, -0.1) is 0 Å². The van der Waals surface area contributed by atoms with E-state index in [0.717, 1.165) is 18.0 Å². The third kappa shape index (κ3) is 10.5. The normalized spacial score (nSPS) is 12.6. The van der Waals surface area contributed by atoms with Crippen molar-refractivity contribution in [2.75, 3.05) is 23.2 Å². The van der Waals surface area contributed by atoms with Crippen molar-refractivity contribution >= 4 is 55.4 Å². The second kappa shape index (κ2) is 17.0. The van der Waals surface area contributed by atoms with E-state index in [1.165, 1.54) is 25.1 Å². The molecule has 6 N–H and O–H groups in total. The van der Waals surface area contributed by atoms with Gasteiger partial charge in [-0.1, -0.05) is 17.7 Å². The van der Waals surface area contributed by atoms with E-state index in [4.69, 9.17) is 14.7 Å². The molecular weight excluding hydrogens is 739 g/mol. The number of nitrogens with zero attached hydrogens (tertiary/aromatic N) is 4. The molecule has 19 nitrogen and oxygen atoms in total. The third-order valence-electron chi connectivity index (χ3n) is 7.21. The van der Waals surface area contributed by atoms with Crippen molar-refractivity contribution in [3.05, 3.63) is 120 Å². The highest BCUT2D eigenvalue weighted by atomic mass is 32.3. The molecule has 0 amide bonds. The Balaban J connectivity index is 1.70. The summed E-state index contributed by atoms with van der Waals surface area (Å²) in [5, 5.41) is 41.6. The van der Waals surface area contributed by atoms with Gasteiger partial charge in [-0.3, -0.25) is 30.4 Å². The van der Waals surface area contributed by atoms with E-state index >= 15 is 0 Å².